The van der Waals surface area contributed by atoms with Gasteiger partial charge >= 0.3 is 5.97 Å². The monoisotopic (exact) mass is 447 g/mol. The predicted octanol–water partition coefficient (Wildman–Crippen LogP) is 2.69. The van der Waals surface area contributed by atoms with Crippen molar-refractivity contribution in [3.05, 3.63) is 82.9 Å². The highest BCUT2D eigenvalue weighted by molar-refractivity contribution is 6.11. The van der Waals surface area contributed by atoms with Gasteiger partial charge in [0.1, 0.15) is 11.2 Å². The SMILES string of the molecule is O=C(O)c1cccc(CCN2C(=O)C(CO)(c3cc4c(cc3O)OCO4)c3ccccc32)c1. The third-order valence-corrected chi connectivity index (χ3v) is 6.25. The fraction of sp³-hybridized carbons (Fsp3) is 0.200. The van der Waals surface area contributed by atoms with Crippen LogP contribution in [0.3, 0.4) is 0 Å². The van der Waals surface area contributed by atoms with Gasteiger partial charge in [-0.05, 0) is 41.8 Å². The number of amides is 1. The molecule has 0 fully saturated rings. The number of hydrogen-bond donors (Lipinski definition) is 3. The number of phenols is 1. The number of aromatic hydroxyl groups is 1. The Labute approximate surface area is 189 Å². The molecule has 33 heavy (non-hydrogen) atoms. The van der Waals surface area contributed by atoms with E-state index in [0.29, 0.717) is 29.2 Å². The van der Waals surface area contributed by atoms with Crippen molar-refractivity contribution in [2.24, 2.45) is 0 Å². The number of nitrogens with zero attached hydrogens (tertiary/aromatic N) is 1. The lowest BCUT2D eigenvalue weighted by atomic mass is 9.75. The van der Waals surface area contributed by atoms with E-state index in [0.717, 1.165) is 5.56 Å². The molecule has 0 saturated carbocycles. The molecule has 0 bridgehead atoms. The largest absolute Gasteiger partial charge is 0.507 e. The number of fused-ring (bicyclic) bond motifs is 2. The maximum absolute atomic E-state index is 13.9. The van der Waals surface area contributed by atoms with Gasteiger partial charge in [0.15, 0.2) is 11.5 Å². The van der Waals surface area contributed by atoms with Crippen molar-refractivity contribution < 1.29 is 34.4 Å². The molecule has 1 unspecified atom stereocenters. The maximum atomic E-state index is 13.9. The number of benzene rings is 3. The van der Waals surface area contributed by atoms with E-state index < -0.39 is 18.0 Å². The number of aliphatic hydroxyl groups is 1. The molecule has 0 saturated heterocycles. The first kappa shape index (κ1) is 20.8. The molecule has 3 N–H and O–H groups in total. The van der Waals surface area contributed by atoms with Crippen LogP contribution in [-0.4, -0.2) is 47.1 Å². The minimum Gasteiger partial charge on any atom is -0.507 e. The highest BCUT2D eigenvalue weighted by Crippen LogP contribution is 2.51. The smallest absolute Gasteiger partial charge is 0.335 e. The number of carbonyl (C=O) groups is 2. The summed E-state index contributed by atoms with van der Waals surface area (Å²) in [4.78, 5) is 26.7. The zero-order chi connectivity index (χ0) is 23.2. The Morgan fingerprint density at radius 3 is 2.52 bits per heavy atom. The number of hydrogen-bond acceptors (Lipinski definition) is 6. The lowest BCUT2D eigenvalue weighted by molar-refractivity contribution is -0.123. The molecule has 168 valence electrons. The van der Waals surface area contributed by atoms with Gasteiger partial charge < -0.3 is 29.7 Å². The summed E-state index contributed by atoms with van der Waals surface area (Å²) in [6, 6.07) is 16.6. The van der Waals surface area contributed by atoms with Gasteiger partial charge in [0.2, 0.25) is 12.7 Å². The Balaban J connectivity index is 1.55. The molecule has 2 aliphatic heterocycles. The normalized spacial score (nSPS) is 18.5. The van der Waals surface area contributed by atoms with Crippen molar-refractivity contribution in [1.82, 2.24) is 0 Å². The molecule has 1 amide bonds. The van der Waals surface area contributed by atoms with E-state index in [4.69, 9.17) is 9.47 Å². The average molecular weight is 447 g/mol. The number of carboxylic acid groups (broad SMARTS) is 1. The zero-order valence-electron chi connectivity index (χ0n) is 17.5. The number of ether oxygens (including phenoxy) is 2. The Hall–Kier alpha value is -4.04. The molecular weight excluding hydrogens is 426 g/mol. The average Bonchev–Trinajstić information content (AvgIpc) is 3.37. The Morgan fingerprint density at radius 2 is 1.76 bits per heavy atom. The number of anilines is 1. The van der Waals surface area contributed by atoms with Crippen LogP contribution in [0.25, 0.3) is 0 Å². The summed E-state index contributed by atoms with van der Waals surface area (Å²) in [5, 5.41) is 30.6. The molecule has 0 radical (unpaired) electrons. The summed E-state index contributed by atoms with van der Waals surface area (Å²) >= 11 is 0. The highest BCUT2D eigenvalue weighted by atomic mass is 16.7. The Kier molecular flexibility index (Phi) is 4.94. The van der Waals surface area contributed by atoms with Gasteiger partial charge in [-0.3, -0.25) is 4.79 Å². The summed E-state index contributed by atoms with van der Waals surface area (Å²) in [5.74, 6) is -0.803. The molecule has 8 nitrogen and oxygen atoms in total. The maximum Gasteiger partial charge on any atom is 0.335 e. The topological polar surface area (TPSA) is 117 Å². The molecule has 5 rings (SSSR count). The Morgan fingerprint density at radius 1 is 1.00 bits per heavy atom. The van der Waals surface area contributed by atoms with Gasteiger partial charge in [-0.25, -0.2) is 4.79 Å². The fourth-order valence-corrected chi connectivity index (χ4v) is 4.62. The van der Waals surface area contributed by atoms with Gasteiger partial charge in [-0.15, -0.1) is 0 Å². The molecule has 0 spiro atoms. The lowest BCUT2D eigenvalue weighted by Gasteiger charge is -2.28. The number of rotatable bonds is 6. The highest BCUT2D eigenvalue weighted by Gasteiger charge is 2.53. The van der Waals surface area contributed by atoms with Crippen molar-refractivity contribution in [2.75, 3.05) is 24.8 Å². The molecule has 2 aliphatic rings. The summed E-state index contributed by atoms with van der Waals surface area (Å²) in [5.41, 5.74) is 0.879. The number of phenolic OH excluding ortho intramolecular Hbond substituents is 1. The minimum atomic E-state index is -1.51. The second-order valence-electron chi connectivity index (χ2n) is 8.02. The molecule has 3 aromatic rings. The van der Waals surface area contributed by atoms with Gasteiger partial charge in [0, 0.05) is 23.9 Å². The van der Waals surface area contributed by atoms with E-state index in [1.165, 1.54) is 12.1 Å². The summed E-state index contributed by atoms with van der Waals surface area (Å²) < 4.78 is 10.8. The first-order chi connectivity index (χ1) is 16.0. The number of para-hydroxylation sites is 1. The first-order valence-corrected chi connectivity index (χ1v) is 10.4. The number of carbonyl (C=O) groups excluding carboxylic acids is 1. The van der Waals surface area contributed by atoms with Crippen LogP contribution in [0.4, 0.5) is 5.69 Å². The minimum absolute atomic E-state index is 0.0103. The van der Waals surface area contributed by atoms with Crippen LogP contribution in [0.5, 0.6) is 17.2 Å². The van der Waals surface area contributed by atoms with Crippen molar-refractivity contribution >= 4 is 17.6 Å². The second-order valence-corrected chi connectivity index (χ2v) is 8.02. The van der Waals surface area contributed by atoms with E-state index in [2.05, 4.69) is 0 Å². The zero-order valence-corrected chi connectivity index (χ0v) is 17.5. The van der Waals surface area contributed by atoms with Crippen LogP contribution in [0.2, 0.25) is 0 Å². The van der Waals surface area contributed by atoms with Gasteiger partial charge in [-0.2, -0.15) is 0 Å². The molecule has 2 heterocycles. The van der Waals surface area contributed by atoms with E-state index in [9.17, 15) is 24.9 Å². The van der Waals surface area contributed by atoms with Gasteiger partial charge in [-0.1, -0.05) is 30.3 Å². The number of aromatic carboxylic acids is 1. The van der Waals surface area contributed by atoms with Crippen LogP contribution in [0.15, 0.2) is 60.7 Å². The van der Waals surface area contributed by atoms with E-state index in [1.807, 2.05) is 6.07 Å². The first-order valence-electron chi connectivity index (χ1n) is 10.4. The third-order valence-electron chi connectivity index (χ3n) is 6.25. The molecule has 0 aliphatic carbocycles. The van der Waals surface area contributed by atoms with Crippen molar-refractivity contribution in [3.63, 3.8) is 0 Å². The van der Waals surface area contributed by atoms with E-state index >= 15 is 0 Å². The van der Waals surface area contributed by atoms with Crippen LogP contribution < -0.4 is 14.4 Å². The molecule has 0 aromatic heterocycles. The van der Waals surface area contributed by atoms with Gasteiger partial charge in [0.05, 0.1) is 12.2 Å². The van der Waals surface area contributed by atoms with Crippen LogP contribution in [-0.2, 0) is 16.6 Å². The van der Waals surface area contributed by atoms with Crippen molar-refractivity contribution in [2.45, 2.75) is 11.8 Å². The van der Waals surface area contributed by atoms with Crippen molar-refractivity contribution in [3.8, 4) is 17.2 Å². The summed E-state index contributed by atoms with van der Waals surface area (Å²) in [6.07, 6.45) is 0.413. The summed E-state index contributed by atoms with van der Waals surface area (Å²) in [6.45, 7) is -0.274. The lowest BCUT2D eigenvalue weighted by Crippen LogP contribution is -2.44. The third kappa shape index (κ3) is 3.18. The number of carboxylic acids is 1. The van der Waals surface area contributed by atoms with Crippen LogP contribution in [0.1, 0.15) is 27.0 Å². The molecule has 3 aromatic carbocycles. The second kappa shape index (κ2) is 7.83. The quantitative estimate of drug-likeness (QED) is 0.532. The standard InChI is InChI=1S/C25H21NO7/c27-13-25(18-11-21-22(12-20(18)28)33-14-32-21)17-6-1-2-7-19(17)26(24(25)31)9-8-15-4-3-5-16(10-15)23(29)30/h1-7,10-12,27-28H,8-9,13-14H2,(H,29,30). The van der Waals surface area contributed by atoms with E-state index in [-0.39, 0.29) is 36.1 Å². The Bertz CT molecular complexity index is 1270. The van der Waals surface area contributed by atoms with E-state index in [1.54, 1.807) is 47.4 Å². The molecular formula is C25H21NO7. The molecule has 8 heteroatoms. The van der Waals surface area contributed by atoms with Crippen LogP contribution >= 0.6 is 0 Å². The van der Waals surface area contributed by atoms with Crippen LogP contribution in [0, 0.1) is 0 Å². The van der Waals surface area contributed by atoms with Crippen molar-refractivity contribution in [1.29, 1.82) is 0 Å². The number of aliphatic hydroxyl groups excluding tert-OH is 1. The molecule has 1 atom stereocenters. The summed E-state index contributed by atoms with van der Waals surface area (Å²) in [7, 11) is 0. The predicted molar refractivity (Wildman–Crippen MR) is 118 cm³/mol. The van der Waals surface area contributed by atoms with Gasteiger partial charge in [0.25, 0.3) is 0 Å². The fourth-order valence-electron chi connectivity index (χ4n) is 4.62.